The number of aryl methyl sites for hydroxylation is 1. The predicted molar refractivity (Wildman–Crippen MR) is 154 cm³/mol. The number of hydrogen-bond donors (Lipinski definition) is 2. The summed E-state index contributed by atoms with van der Waals surface area (Å²) in [5, 5.41) is 5.92. The molecule has 218 valence electrons. The molecule has 42 heavy (non-hydrogen) atoms. The number of nitrogens with zero attached hydrogens (tertiary/aromatic N) is 2. The summed E-state index contributed by atoms with van der Waals surface area (Å²) >= 11 is 0. The normalized spacial score (nSPS) is 16.7. The smallest absolute Gasteiger partial charge is 0.263 e. The molecule has 1 fully saturated rings. The summed E-state index contributed by atoms with van der Waals surface area (Å²) in [7, 11) is -4.48. The van der Waals surface area contributed by atoms with Crippen molar-refractivity contribution >= 4 is 21.7 Å². The fraction of sp³-hybridized carbons (Fsp3) is 0.226. The highest BCUT2D eigenvalue weighted by molar-refractivity contribution is 7.89. The third-order valence-electron chi connectivity index (χ3n) is 6.97. The lowest BCUT2D eigenvalue weighted by molar-refractivity contribution is -0.124. The van der Waals surface area contributed by atoms with Crippen LogP contribution in [0.2, 0.25) is 0 Å². The number of carbonyl (C=O) groups is 1. The van der Waals surface area contributed by atoms with E-state index in [1.54, 1.807) is 12.1 Å². The van der Waals surface area contributed by atoms with Crippen molar-refractivity contribution in [2.75, 3.05) is 11.9 Å². The van der Waals surface area contributed by atoms with Gasteiger partial charge in [0.2, 0.25) is 15.9 Å². The quantitative estimate of drug-likeness (QED) is 0.266. The lowest BCUT2D eigenvalue weighted by atomic mass is 10.1. The van der Waals surface area contributed by atoms with Crippen molar-refractivity contribution in [3.05, 3.63) is 114 Å². The van der Waals surface area contributed by atoms with Gasteiger partial charge in [0.25, 0.3) is 5.92 Å². The summed E-state index contributed by atoms with van der Waals surface area (Å²) in [6, 6.07) is 23.2. The fourth-order valence-corrected chi connectivity index (χ4v) is 6.37. The summed E-state index contributed by atoms with van der Waals surface area (Å²) in [4.78, 5) is 17.5. The number of carbonyl (C=O) groups excluding carboxylic acids is 1. The topological polar surface area (TPSA) is 91.4 Å². The van der Waals surface area contributed by atoms with Crippen molar-refractivity contribution in [3.63, 3.8) is 0 Å². The average Bonchev–Trinajstić information content (AvgIpc) is 3.32. The van der Waals surface area contributed by atoms with Gasteiger partial charge in [0.15, 0.2) is 0 Å². The molecule has 5 rings (SSSR count). The zero-order chi connectivity index (χ0) is 29.9. The first kappa shape index (κ1) is 29.3. The summed E-state index contributed by atoms with van der Waals surface area (Å²) in [5.41, 5.74) is 4.26. The van der Waals surface area contributed by atoms with Gasteiger partial charge in [-0.2, -0.15) is 4.31 Å². The van der Waals surface area contributed by atoms with Crippen molar-refractivity contribution < 1.29 is 26.4 Å². The zero-order valence-electron chi connectivity index (χ0n) is 22.7. The molecular formula is C31H29F3N4O3S. The largest absolute Gasteiger partial charge is 0.366 e. The van der Waals surface area contributed by atoms with Crippen molar-refractivity contribution in [1.82, 2.24) is 14.6 Å². The molecule has 1 atom stereocenters. The number of rotatable bonds is 9. The molecular weight excluding hydrogens is 565 g/mol. The molecule has 0 spiro atoms. The van der Waals surface area contributed by atoms with Crippen LogP contribution in [0, 0.1) is 12.7 Å². The number of anilines is 1. The van der Waals surface area contributed by atoms with Crippen molar-refractivity contribution in [3.8, 4) is 11.3 Å². The Kier molecular flexibility index (Phi) is 8.33. The van der Waals surface area contributed by atoms with Gasteiger partial charge in [-0.15, -0.1) is 0 Å². The molecule has 0 bridgehead atoms. The first-order valence-corrected chi connectivity index (χ1v) is 14.7. The van der Waals surface area contributed by atoms with Gasteiger partial charge in [-0.3, -0.25) is 4.79 Å². The molecule has 1 aliphatic rings. The molecule has 2 heterocycles. The van der Waals surface area contributed by atoms with E-state index < -0.39 is 46.7 Å². The van der Waals surface area contributed by atoms with Gasteiger partial charge < -0.3 is 10.6 Å². The summed E-state index contributed by atoms with van der Waals surface area (Å²) in [5.74, 6) is -4.38. The number of pyridine rings is 1. The van der Waals surface area contributed by atoms with Crippen LogP contribution in [0.15, 0.2) is 95.9 Å². The van der Waals surface area contributed by atoms with Gasteiger partial charge >= 0.3 is 0 Å². The molecule has 4 aromatic rings. The summed E-state index contributed by atoms with van der Waals surface area (Å²) in [6.07, 6.45) is -0.964. The van der Waals surface area contributed by atoms with Gasteiger partial charge in [-0.25, -0.2) is 26.6 Å². The number of aromatic nitrogens is 1. The second-order valence-electron chi connectivity index (χ2n) is 10.2. The van der Waals surface area contributed by atoms with Crippen LogP contribution in [-0.2, 0) is 27.9 Å². The third-order valence-corrected chi connectivity index (χ3v) is 8.83. The van der Waals surface area contributed by atoms with Gasteiger partial charge in [0.1, 0.15) is 17.7 Å². The minimum absolute atomic E-state index is 0.0489. The molecule has 7 nitrogen and oxygen atoms in total. The van der Waals surface area contributed by atoms with E-state index in [-0.39, 0.29) is 11.4 Å². The van der Waals surface area contributed by atoms with Crippen LogP contribution in [0.25, 0.3) is 11.3 Å². The van der Waals surface area contributed by atoms with Crippen molar-refractivity contribution in [2.24, 2.45) is 0 Å². The number of hydrogen-bond acceptors (Lipinski definition) is 5. The molecule has 1 aromatic heterocycles. The minimum Gasteiger partial charge on any atom is -0.366 e. The van der Waals surface area contributed by atoms with E-state index in [0.29, 0.717) is 27.9 Å². The predicted octanol–water partition coefficient (Wildman–Crippen LogP) is 5.52. The average molecular weight is 595 g/mol. The van der Waals surface area contributed by atoms with E-state index in [0.717, 1.165) is 41.0 Å². The Morgan fingerprint density at radius 2 is 1.64 bits per heavy atom. The molecule has 1 saturated heterocycles. The second kappa shape index (κ2) is 11.9. The second-order valence-corrected chi connectivity index (χ2v) is 12.1. The minimum atomic E-state index is -4.48. The molecule has 2 N–H and O–H groups in total. The number of benzene rings is 3. The van der Waals surface area contributed by atoms with Gasteiger partial charge in [0, 0.05) is 25.1 Å². The first-order valence-electron chi connectivity index (χ1n) is 13.3. The molecule has 1 amide bonds. The number of nitrogens with one attached hydrogen (secondary N) is 2. The van der Waals surface area contributed by atoms with Crippen LogP contribution >= 0.6 is 0 Å². The molecule has 11 heteroatoms. The highest BCUT2D eigenvalue weighted by atomic mass is 32.2. The Morgan fingerprint density at radius 3 is 2.33 bits per heavy atom. The number of alkyl halides is 2. The van der Waals surface area contributed by atoms with Crippen LogP contribution in [0.4, 0.5) is 19.0 Å². The van der Waals surface area contributed by atoms with Gasteiger partial charge in [-0.05, 0) is 54.4 Å². The van der Waals surface area contributed by atoms with Crippen LogP contribution in [0.5, 0.6) is 0 Å². The van der Waals surface area contributed by atoms with E-state index in [9.17, 15) is 26.4 Å². The summed E-state index contributed by atoms with van der Waals surface area (Å²) < 4.78 is 69.1. The van der Waals surface area contributed by atoms with Gasteiger partial charge in [-0.1, -0.05) is 60.2 Å². The maximum atomic E-state index is 14.5. The maximum absolute atomic E-state index is 14.5. The highest BCUT2D eigenvalue weighted by Gasteiger charge is 2.52. The molecule has 0 radical (unpaired) electrons. The molecule has 0 aliphatic carbocycles. The van der Waals surface area contributed by atoms with Gasteiger partial charge in [0.05, 0.1) is 17.1 Å². The monoisotopic (exact) mass is 594 g/mol. The number of sulfonamides is 1. The van der Waals surface area contributed by atoms with Crippen molar-refractivity contribution in [2.45, 2.75) is 43.3 Å². The van der Waals surface area contributed by atoms with E-state index in [2.05, 4.69) is 10.6 Å². The van der Waals surface area contributed by atoms with E-state index >= 15 is 0 Å². The standard InChI is InChI=1S/C31H29F3N4O3S/c1-21-7-9-24(10-8-21)27-15-23(16-29(37-27)35-18-22-5-3-2-4-6-22)19-36-30(39)28-17-31(33,34)20-38(28)42(40,41)26-13-11-25(32)12-14-26/h2-16,28H,17-20H2,1H3,(H,35,37)(H,36,39)/t28-/m0/s1. The lowest BCUT2D eigenvalue weighted by Gasteiger charge is -2.23. The number of amides is 1. The zero-order valence-corrected chi connectivity index (χ0v) is 23.5. The highest BCUT2D eigenvalue weighted by Crippen LogP contribution is 2.36. The van der Waals surface area contributed by atoms with Crippen molar-refractivity contribution in [1.29, 1.82) is 0 Å². The third kappa shape index (κ3) is 6.80. The Labute approximate surface area is 242 Å². The molecule has 3 aromatic carbocycles. The molecule has 1 aliphatic heterocycles. The van der Waals surface area contributed by atoms with Crippen LogP contribution in [0.3, 0.4) is 0 Å². The molecule has 0 saturated carbocycles. The van der Waals surface area contributed by atoms with Crippen LogP contribution in [0.1, 0.15) is 23.1 Å². The van der Waals surface area contributed by atoms with Crippen LogP contribution < -0.4 is 10.6 Å². The Balaban J connectivity index is 1.37. The first-order chi connectivity index (χ1) is 20.0. The van der Waals surface area contributed by atoms with E-state index in [1.165, 1.54) is 0 Å². The maximum Gasteiger partial charge on any atom is 0.263 e. The fourth-order valence-electron chi connectivity index (χ4n) is 4.75. The lowest BCUT2D eigenvalue weighted by Crippen LogP contribution is -2.45. The Hall–Kier alpha value is -4.22. The van der Waals surface area contributed by atoms with E-state index in [4.69, 9.17) is 4.98 Å². The Morgan fingerprint density at radius 1 is 0.952 bits per heavy atom. The molecule has 0 unspecified atom stereocenters. The summed E-state index contributed by atoms with van der Waals surface area (Å²) in [6.45, 7) is 1.28. The SMILES string of the molecule is Cc1ccc(-c2cc(CNC(=O)[C@@H]3CC(F)(F)CN3S(=O)(=O)c3ccc(F)cc3)cc(NCc3ccccc3)n2)cc1. The van der Waals surface area contributed by atoms with Crippen LogP contribution in [-0.4, -0.2) is 42.1 Å². The van der Waals surface area contributed by atoms with E-state index in [1.807, 2.05) is 61.5 Å². The number of halogens is 3. The Bertz CT molecular complexity index is 1670.